The SMILES string of the molecule is CCNC(C)c1ccc(Oc2cnn(C(C)C)c2)cn1. The topological polar surface area (TPSA) is 52.0 Å². The Morgan fingerprint density at radius 2 is 2.00 bits per heavy atom. The average molecular weight is 274 g/mol. The van der Waals surface area contributed by atoms with Crippen molar-refractivity contribution >= 4 is 0 Å². The van der Waals surface area contributed by atoms with E-state index in [0.717, 1.165) is 23.7 Å². The maximum atomic E-state index is 5.74. The van der Waals surface area contributed by atoms with Crippen LogP contribution in [0.5, 0.6) is 11.5 Å². The first kappa shape index (κ1) is 14.5. The molecule has 0 radical (unpaired) electrons. The molecular formula is C15H22N4O. The fourth-order valence-corrected chi connectivity index (χ4v) is 1.91. The van der Waals surface area contributed by atoms with E-state index in [2.05, 4.69) is 43.1 Å². The van der Waals surface area contributed by atoms with Crippen LogP contribution >= 0.6 is 0 Å². The largest absolute Gasteiger partial charge is 0.452 e. The van der Waals surface area contributed by atoms with Crippen LogP contribution in [0.3, 0.4) is 0 Å². The molecule has 2 aromatic rings. The molecule has 0 amide bonds. The highest BCUT2D eigenvalue weighted by atomic mass is 16.5. The van der Waals surface area contributed by atoms with Crippen molar-refractivity contribution in [3.05, 3.63) is 36.4 Å². The Morgan fingerprint density at radius 3 is 2.55 bits per heavy atom. The third kappa shape index (κ3) is 3.57. The molecule has 5 heteroatoms. The molecule has 0 aliphatic heterocycles. The second-order valence-corrected chi connectivity index (χ2v) is 5.05. The molecule has 0 saturated heterocycles. The van der Waals surface area contributed by atoms with Gasteiger partial charge >= 0.3 is 0 Å². The lowest BCUT2D eigenvalue weighted by molar-refractivity contribution is 0.473. The molecule has 0 aliphatic carbocycles. The molecule has 0 bridgehead atoms. The summed E-state index contributed by atoms with van der Waals surface area (Å²) >= 11 is 0. The molecule has 108 valence electrons. The lowest BCUT2D eigenvalue weighted by atomic mass is 10.2. The maximum absolute atomic E-state index is 5.74. The van der Waals surface area contributed by atoms with Crippen molar-refractivity contribution in [2.75, 3.05) is 6.54 Å². The van der Waals surface area contributed by atoms with Crippen LogP contribution in [0.1, 0.15) is 45.5 Å². The van der Waals surface area contributed by atoms with Gasteiger partial charge in [0.1, 0.15) is 5.75 Å². The van der Waals surface area contributed by atoms with E-state index < -0.39 is 0 Å². The van der Waals surface area contributed by atoms with Crippen LogP contribution in [-0.4, -0.2) is 21.3 Å². The summed E-state index contributed by atoms with van der Waals surface area (Å²) in [5.74, 6) is 1.45. The highest BCUT2D eigenvalue weighted by Gasteiger charge is 2.07. The number of hydrogen-bond acceptors (Lipinski definition) is 4. The van der Waals surface area contributed by atoms with E-state index in [1.54, 1.807) is 12.4 Å². The van der Waals surface area contributed by atoms with E-state index in [1.807, 2.05) is 23.0 Å². The van der Waals surface area contributed by atoms with Gasteiger partial charge in [0.05, 0.1) is 24.3 Å². The lowest BCUT2D eigenvalue weighted by Crippen LogP contribution is -2.18. The first-order chi connectivity index (χ1) is 9.60. The van der Waals surface area contributed by atoms with Gasteiger partial charge < -0.3 is 10.1 Å². The monoisotopic (exact) mass is 274 g/mol. The highest BCUT2D eigenvalue weighted by molar-refractivity contribution is 5.27. The number of rotatable bonds is 6. The first-order valence-corrected chi connectivity index (χ1v) is 7.01. The summed E-state index contributed by atoms with van der Waals surface area (Å²) in [6.45, 7) is 9.26. The molecule has 0 aliphatic rings. The van der Waals surface area contributed by atoms with Gasteiger partial charge in [-0.1, -0.05) is 6.92 Å². The smallest absolute Gasteiger partial charge is 0.165 e. The molecule has 2 heterocycles. The van der Waals surface area contributed by atoms with E-state index in [9.17, 15) is 0 Å². The Balaban J connectivity index is 2.02. The van der Waals surface area contributed by atoms with Crippen molar-refractivity contribution in [3.8, 4) is 11.5 Å². The summed E-state index contributed by atoms with van der Waals surface area (Å²) in [5.41, 5.74) is 1.01. The van der Waals surface area contributed by atoms with Crippen molar-refractivity contribution in [2.24, 2.45) is 0 Å². The Hall–Kier alpha value is -1.88. The minimum atomic E-state index is 0.248. The molecule has 0 spiro atoms. The average Bonchev–Trinajstić information content (AvgIpc) is 2.88. The Labute approximate surface area is 120 Å². The molecule has 0 fully saturated rings. The third-order valence-corrected chi connectivity index (χ3v) is 3.06. The van der Waals surface area contributed by atoms with E-state index >= 15 is 0 Å². The fraction of sp³-hybridized carbons (Fsp3) is 0.467. The number of hydrogen-bond donors (Lipinski definition) is 1. The Morgan fingerprint density at radius 1 is 1.20 bits per heavy atom. The zero-order valence-electron chi connectivity index (χ0n) is 12.5. The Kier molecular flexibility index (Phi) is 4.74. The molecule has 2 aromatic heterocycles. The van der Waals surface area contributed by atoms with Crippen LogP contribution < -0.4 is 10.1 Å². The van der Waals surface area contributed by atoms with E-state index in [1.165, 1.54) is 0 Å². The zero-order valence-corrected chi connectivity index (χ0v) is 12.5. The predicted molar refractivity (Wildman–Crippen MR) is 79.0 cm³/mol. The van der Waals surface area contributed by atoms with Gasteiger partial charge in [0.2, 0.25) is 0 Å². The van der Waals surface area contributed by atoms with E-state index in [-0.39, 0.29) is 6.04 Å². The molecule has 20 heavy (non-hydrogen) atoms. The molecule has 1 N–H and O–H groups in total. The van der Waals surface area contributed by atoms with Gasteiger partial charge in [0.25, 0.3) is 0 Å². The number of ether oxygens (including phenoxy) is 1. The number of pyridine rings is 1. The van der Waals surface area contributed by atoms with Crippen LogP contribution in [-0.2, 0) is 0 Å². The van der Waals surface area contributed by atoms with Gasteiger partial charge in [-0.3, -0.25) is 9.67 Å². The second kappa shape index (κ2) is 6.52. The number of nitrogens with one attached hydrogen (secondary N) is 1. The van der Waals surface area contributed by atoms with Crippen molar-refractivity contribution in [3.63, 3.8) is 0 Å². The van der Waals surface area contributed by atoms with Gasteiger partial charge in [-0.05, 0) is 39.4 Å². The second-order valence-electron chi connectivity index (χ2n) is 5.05. The van der Waals surface area contributed by atoms with Crippen LogP contribution in [0.15, 0.2) is 30.7 Å². The maximum Gasteiger partial charge on any atom is 0.165 e. The van der Waals surface area contributed by atoms with Crippen molar-refractivity contribution in [2.45, 2.75) is 39.8 Å². The van der Waals surface area contributed by atoms with Crippen molar-refractivity contribution in [1.82, 2.24) is 20.1 Å². The van der Waals surface area contributed by atoms with Crippen LogP contribution in [0, 0.1) is 0 Å². The zero-order chi connectivity index (χ0) is 14.5. The quantitative estimate of drug-likeness (QED) is 0.878. The molecule has 0 aromatic carbocycles. The summed E-state index contributed by atoms with van der Waals surface area (Å²) in [6, 6.07) is 4.49. The Bertz CT molecular complexity index is 533. The molecule has 0 saturated carbocycles. The van der Waals surface area contributed by atoms with Gasteiger partial charge in [-0.15, -0.1) is 0 Å². The molecule has 5 nitrogen and oxygen atoms in total. The van der Waals surface area contributed by atoms with Gasteiger partial charge in [0, 0.05) is 12.1 Å². The van der Waals surface area contributed by atoms with Crippen LogP contribution in [0.2, 0.25) is 0 Å². The predicted octanol–water partition coefficient (Wildman–Crippen LogP) is 3.32. The summed E-state index contributed by atoms with van der Waals surface area (Å²) in [6.07, 6.45) is 5.35. The van der Waals surface area contributed by atoms with Crippen molar-refractivity contribution in [1.29, 1.82) is 0 Å². The normalized spacial score (nSPS) is 12.7. The summed E-state index contributed by atoms with van der Waals surface area (Å²) in [5, 5.41) is 7.57. The summed E-state index contributed by atoms with van der Waals surface area (Å²) < 4.78 is 7.60. The van der Waals surface area contributed by atoms with Gasteiger partial charge in [-0.25, -0.2) is 0 Å². The summed E-state index contributed by atoms with van der Waals surface area (Å²) in [4.78, 5) is 4.42. The number of nitrogens with zero attached hydrogens (tertiary/aromatic N) is 3. The van der Waals surface area contributed by atoms with Crippen LogP contribution in [0.25, 0.3) is 0 Å². The standard InChI is InChI=1S/C15H22N4O/c1-5-16-12(4)15-7-6-13(8-17-15)20-14-9-18-19(10-14)11(2)3/h6-12,16H,5H2,1-4H3. The minimum Gasteiger partial charge on any atom is -0.452 e. The highest BCUT2D eigenvalue weighted by Crippen LogP contribution is 2.22. The third-order valence-electron chi connectivity index (χ3n) is 3.06. The first-order valence-electron chi connectivity index (χ1n) is 7.01. The number of aromatic nitrogens is 3. The van der Waals surface area contributed by atoms with E-state index in [0.29, 0.717) is 6.04 Å². The molecule has 1 atom stereocenters. The minimum absolute atomic E-state index is 0.248. The molecular weight excluding hydrogens is 252 g/mol. The molecule has 2 rings (SSSR count). The fourth-order valence-electron chi connectivity index (χ4n) is 1.91. The lowest BCUT2D eigenvalue weighted by Gasteiger charge is -2.11. The van der Waals surface area contributed by atoms with Crippen LogP contribution in [0.4, 0.5) is 0 Å². The van der Waals surface area contributed by atoms with E-state index in [4.69, 9.17) is 4.74 Å². The summed E-state index contributed by atoms with van der Waals surface area (Å²) in [7, 11) is 0. The van der Waals surface area contributed by atoms with Crippen molar-refractivity contribution < 1.29 is 4.74 Å². The van der Waals surface area contributed by atoms with Gasteiger partial charge in [0.15, 0.2) is 5.75 Å². The van der Waals surface area contributed by atoms with Gasteiger partial charge in [-0.2, -0.15) is 5.10 Å². The molecule has 1 unspecified atom stereocenters.